The largest absolute Gasteiger partial charge is 0.378 e. The first-order valence-corrected chi connectivity index (χ1v) is 10.5. The van der Waals surface area contributed by atoms with Crippen LogP contribution in [0.1, 0.15) is 5.69 Å². The minimum atomic E-state index is -3.19. The standard InChI is InChI=1S/C18H20N4O3S/c1-26(23,24)12-15-11-17(22-6-8-25-9-7-22)21-18(20-15)14-3-2-13-4-5-19-16(13)10-14/h2-5,10-11,19H,6-9,12H2,1H3. The molecular formula is C18H20N4O3S. The Balaban J connectivity index is 1.79. The molecule has 0 bridgehead atoms. The molecule has 0 spiro atoms. The first-order chi connectivity index (χ1) is 12.5. The highest BCUT2D eigenvalue weighted by Crippen LogP contribution is 2.25. The van der Waals surface area contributed by atoms with E-state index >= 15 is 0 Å². The van der Waals surface area contributed by atoms with Crippen LogP contribution in [0.2, 0.25) is 0 Å². The van der Waals surface area contributed by atoms with Gasteiger partial charge in [-0.25, -0.2) is 18.4 Å². The van der Waals surface area contributed by atoms with Crippen LogP contribution in [-0.4, -0.2) is 55.9 Å². The lowest BCUT2D eigenvalue weighted by Gasteiger charge is -2.28. The fourth-order valence-corrected chi connectivity index (χ4v) is 3.78. The van der Waals surface area contributed by atoms with Crippen molar-refractivity contribution in [1.82, 2.24) is 15.0 Å². The van der Waals surface area contributed by atoms with E-state index in [2.05, 4.69) is 14.9 Å². The van der Waals surface area contributed by atoms with Crippen LogP contribution in [0.25, 0.3) is 22.3 Å². The Bertz CT molecular complexity index is 1040. The number of aromatic nitrogens is 3. The molecule has 0 aliphatic carbocycles. The lowest BCUT2D eigenvalue weighted by molar-refractivity contribution is 0.122. The Morgan fingerprint density at radius 3 is 2.73 bits per heavy atom. The predicted octanol–water partition coefficient (Wildman–Crippen LogP) is 2.01. The number of H-pyrrole nitrogens is 1. The Kier molecular flexibility index (Phi) is 4.37. The van der Waals surface area contributed by atoms with Gasteiger partial charge in [-0.15, -0.1) is 0 Å². The number of nitrogens with zero attached hydrogens (tertiary/aromatic N) is 3. The number of ether oxygens (including phenoxy) is 1. The van der Waals surface area contributed by atoms with Crippen molar-refractivity contribution in [1.29, 1.82) is 0 Å². The number of rotatable bonds is 4. The Morgan fingerprint density at radius 1 is 1.15 bits per heavy atom. The summed E-state index contributed by atoms with van der Waals surface area (Å²) in [5.74, 6) is 1.16. The molecule has 4 rings (SSSR count). The van der Waals surface area contributed by atoms with Gasteiger partial charge < -0.3 is 14.6 Å². The molecule has 0 unspecified atom stereocenters. The zero-order valence-electron chi connectivity index (χ0n) is 14.5. The minimum Gasteiger partial charge on any atom is -0.378 e. The van der Waals surface area contributed by atoms with Crippen molar-refractivity contribution in [3.05, 3.63) is 42.2 Å². The first-order valence-electron chi connectivity index (χ1n) is 8.44. The van der Waals surface area contributed by atoms with Gasteiger partial charge in [0.1, 0.15) is 5.82 Å². The molecule has 1 fully saturated rings. The van der Waals surface area contributed by atoms with Gasteiger partial charge in [-0.3, -0.25) is 0 Å². The highest BCUT2D eigenvalue weighted by molar-refractivity contribution is 7.89. The molecule has 1 aliphatic heterocycles. The Hall–Kier alpha value is -2.45. The average Bonchev–Trinajstić information content (AvgIpc) is 3.08. The molecule has 3 heterocycles. The SMILES string of the molecule is CS(=O)(=O)Cc1cc(N2CCOCC2)nc(-c2ccc3cc[nH]c3c2)n1. The molecule has 7 nitrogen and oxygen atoms in total. The van der Waals surface area contributed by atoms with Crippen LogP contribution in [0.4, 0.5) is 5.82 Å². The summed E-state index contributed by atoms with van der Waals surface area (Å²) < 4.78 is 29.0. The maximum atomic E-state index is 11.8. The quantitative estimate of drug-likeness (QED) is 0.754. The van der Waals surface area contributed by atoms with E-state index in [0.29, 0.717) is 24.7 Å². The molecule has 136 valence electrons. The smallest absolute Gasteiger partial charge is 0.161 e. The number of aromatic amines is 1. The van der Waals surface area contributed by atoms with Gasteiger partial charge >= 0.3 is 0 Å². The molecule has 1 aromatic carbocycles. The van der Waals surface area contributed by atoms with Gasteiger partial charge in [0.15, 0.2) is 15.7 Å². The van der Waals surface area contributed by atoms with Crippen LogP contribution >= 0.6 is 0 Å². The third-order valence-corrected chi connectivity index (χ3v) is 5.14. The monoisotopic (exact) mass is 372 g/mol. The average molecular weight is 372 g/mol. The maximum absolute atomic E-state index is 11.8. The first kappa shape index (κ1) is 17.0. The topological polar surface area (TPSA) is 88.2 Å². The van der Waals surface area contributed by atoms with E-state index in [-0.39, 0.29) is 5.75 Å². The lowest BCUT2D eigenvalue weighted by Crippen LogP contribution is -2.37. The third kappa shape index (κ3) is 3.71. The van der Waals surface area contributed by atoms with E-state index in [0.717, 1.165) is 35.4 Å². The molecular weight excluding hydrogens is 352 g/mol. The summed E-state index contributed by atoms with van der Waals surface area (Å²) in [4.78, 5) is 14.5. The zero-order chi connectivity index (χ0) is 18.1. The van der Waals surface area contributed by atoms with Crippen LogP contribution in [0.15, 0.2) is 36.5 Å². The molecule has 0 amide bonds. The van der Waals surface area contributed by atoms with E-state index in [1.807, 2.05) is 30.5 Å². The van der Waals surface area contributed by atoms with Gasteiger partial charge in [-0.2, -0.15) is 0 Å². The van der Waals surface area contributed by atoms with Crippen LogP contribution < -0.4 is 4.90 Å². The number of fused-ring (bicyclic) bond motifs is 1. The second-order valence-corrected chi connectivity index (χ2v) is 8.63. The van der Waals surface area contributed by atoms with Crippen LogP contribution in [-0.2, 0) is 20.3 Å². The summed E-state index contributed by atoms with van der Waals surface area (Å²) in [5.41, 5.74) is 2.35. The second kappa shape index (κ2) is 6.69. The van der Waals surface area contributed by atoms with Gasteiger partial charge in [0.2, 0.25) is 0 Å². The van der Waals surface area contributed by atoms with Crippen molar-refractivity contribution in [2.24, 2.45) is 0 Å². The van der Waals surface area contributed by atoms with Crippen molar-refractivity contribution < 1.29 is 13.2 Å². The number of morpholine rings is 1. The minimum absolute atomic E-state index is 0.107. The van der Waals surface area contributed by atoms with Gasteiger partial charge in [0, 0.05) is 42.7 Å². The fourth-order valence-electron chi connectivity index (χ4n) is 3.10. The molecule has 1 N–H and O–H groups in total. The fraction of sp³-hybridized carbons (Fsp3) is 0.333. The molecule has 3 aromatic rings. The molecule has 0 saturated carbocycles. The summed E-state index contributed by atoms with van der Waals surface area (Å²) in [7, 11) is -3.19. The van der Waals surface area contributed by atoms with Gasteiger partial charge in [-0.1, -0.05) is 12.1 Å². The van der Waals surface area contributed by atoms with Crippen molar-refractivity contribution in [3.8, 4) is 11.4 Å². The summed E-state index contributed by atoms with van der Waals surface area (Å²) in [6.07, 6.45) is 3.10. The van der Waals surface area contributed by atoms with Crippen LogP contribution in [0.3, 0.4) is 0 Å². The molecule has 1 saturated heterocycles. The normalized spacial score (nSPS) is 15.5. The van der Waals surface area contributed by atoms with E-state index in [1.165, 1.54) is 6.26 Å². The number of nitrogens with one attached hydrogen (secondary N) is 1. The molecule has 0 radical (unpaired) electrons. The molecule has 0 atom stereocenters. The van der Waals surface area contributed by atoms with Crippen molar-refractivity contribution in [2.45, 2.75) is 5.75 Å². The van der Waals surface area contributed by atoms with Crippen molar-refractivity contribution in [2.75, 3.05) is 37.5 Å². The van der Waals surface area contributed by atoms with Gasteiger partial charge in [-0.05, 0) is 17.5 Å². The van der Waals surface area contributed by atoms with Crippen LogP contribution in [0, 0.1) is 0 Å². The summed E-state index contributed by atoms with van der Waals surface area (Å²) >= 11 is 0. The summed E-state index contributed by atoms with van der Waals surface area (Å²) in [5, 5.41) is 1.11. The number of hydrogen-bond acceptors (Lipinski definition) is 6. The van der Waals surface area contributed by atoms with E-state index < -0.39 is 9.84 Å². The summed E-state index contributed by atoms with van der Waals surface area (Å²) in [6.45, 7) is 2.72. The third-order valence-electron chi connectivity index (χ3n) is 4.32. The maximum Gasteiger partial charge on any atom is 0.161 e. The summed E-state index contributed by atoms with van der Waals surface area (Å²) in [6, 6.07) is 9.71. The van der Waals surface area contributed by atoms with Gasteiger partial charge in [0.05, 0.1) is 24.7 Å². The number of benzene rings is 1. The number of anilines is 1. The molecule has 2 aromatic heterocycles. The molecule has 1 aliphatic rings. The molecule has 8 heteroatoms. The van der Waals surface area contributed by atoms with E-state index in [9.17, 15) is 8.42 Å². The highest BCUT2D eigenvalue weighted by Gasteiger charge is 2.17. The van der Waals surface area contributed by atoms with Crippen molar-refractivity contribution in [3.63, 3.8) is 0 Å². The van der Waals surface area contributed by atoms with E-state index in [1.54, 1.807) is 6.07 Å². The number of sulfone groups is 1. The van der Waals surface area contributed by atoms with Crippen LogP contribution in [0.5, 0.6) is 0 Å². The zero-order valence-corrected chi connectivity index (χ0v) is 15.3. The Labute approximate surface area is 152 Å². The predicted molar refractivity (Wildman–Crippen MR) is 101 cm³/mol. The number of hydrogen-bond donors (Lipinski definition) is 1. The highest BCUT2D eigenvalue weighted by atomic mass is 32.2. The Morgan fingerprint density at radius 2 is 1.96 bits per heavy atom. The van der Waals surface area contributed by atoms with Crippen molar-refractivity contribution >= 4 is 26.6 Å². The van der Waals surface area contributed by atoms with Gasteiger partial charge in [0.25, 0.3) is 0 Å². The lowest BCUT2D eigenvalue weighted by atomic mass is 10.1. The second-order valence-electron chi connectivity index (χ2n) is 6.49. The van der Waals surface area contributed by atoms with E-state index in [4.69, 9.17) is 9.72 Å². The molecule has 26 heavy (non-hydrogen) atoms.